The van der Waals surface area contributed by atoms with E-state index in [1.165, 1.54) is 49.9 Å². The number of carboxylic acid groups (broad SMARTS) is 1. The van der Waals surface area contributed by atoms with Crippen molar-refractivity contribution in [2.24, 2.45) is 5.73 Å². The molecule has 1 aliphatic carbocycles. The van der Waals surface area contributed by atoms with Crippen molar-refractivity contribution in [3.05, 3.63) is 36.4 Å². The SMILES string of the molecule is CSCCC(NS(=O)(=O)c1cccc2c(N(C)C)cccc12)C(=O)O.NC1CCCCC1. The summed E-state index contributed by atoms with van der Waals surface area (Å²) in [6, 6.07) is 9.84. The van der Waals surface area contributed by atoms with E-state index in [9.17, 15) is 18.3 Å². The van der Waals surface area contributed by atoms with Gasteiger partial charge in [0, 0.05) is 36.6 Å². The molecule has 4 N–H and O–H groups in total. The molecule has 0 heterocycles. The van der Waals surface area contributed by atoms with Gasteiger partial charge < -0.3 is 15.7 Å². The van der Waals surface area contributed by atoms with Crippen LogP contribution in [0.25, 0.3) is 10.8 Å². The maximum Gasteiger partial charge on any atom is 0.321 e. The zero-order valence-corrected chi connectivity index (χ0v) is 20.7. The minimum Gasteiger partial charge on any atom is -0.480 e. The number of fused-ring (bicyclic) bond motifs is 1. The molecule has 9 heteroatoms. The van der Waals surface area contributed by atoms with Crippen LogP contribution in [0.4, 0.5) is 5.69 Å². The van der Waals surface area contributed by atoms with E-state index < -0.39 is 22.0 Å². The van der Waals surface area contributed by atoms with Crippen LogP contribution in [0.15, 0.2) is 41.3 Å². The van der Waals surface area contributed by atoms with E-state index in [0.717, 1.165) is 11.1 Å². The summed E-state index contributed by atoms with van der Waals surface area (Å²) in [4.78, 5) is 13.4. The summed E-state index contributed by atoms with van der Waals surface area (Å²) in [5, 5.41) is 10.7. The van der Waals surface area contributed by atoms with Crippen LogP contribution < -0.4 is 15.4 Å². The van der Waals surface area contributed by atoms with Gasteiger partial charge in [0.05, 0.1) is 4.90 Å². The standard InChI is InChI=1S/C17H22N2O4S2.C6H13N/c1-19(2)15-8-4-7-13-12(15)6-5-9-16(13)25(22,23)18-14(17(20)21)10-11-24-3;7-6-4-2-1-3-5-6/h4-9,14,18H,10-11H2,1-3H3,(H,20,21);6H,1-5,7H2. The molecule has 2 aromatic carbocycles. The van der Waals surface area contributed by atoms with Crippen molar-refractivity contribution in [3.63, 3.8) is 0 Å². The third-order valence-corrected chi connectivity index (χ3v) is 7.66. The average Bonchev–Trinajstić information content (AvgIpc) is 2.76. The van der Waals surface area contributed by atoms with Gasteiger partial charge in [-0.15, -0.1) is 0 Å². The molecule has 0 spiro atoms. The van der Waals surface area contributed by atoms with Crippen LogP contribution in [0.3, 0.4) is 0 Å². The molecule has 0 bridgehead atoms. The van der Waals surface area contributed by atoms with Crippen molar-refractivity contribution in [3.8, 4) is 0 Å². The molecule has 1 saturated carbocycles. The fourth-order valence-corrected chi connectivity index (χ4v) is 5.66. The van der Waals surface area contributed by atoms with Gasteiger partial charge in [0.15, 0.2) is 0 Å². The van der Waals surface area contributed by atoms with Gasteiger partial charge in [0.1, 0.15) is 6.04 Å². The van der Waals surface area contributed by atoms with Crippen molar-refractivity contribution in [2.75, 3.05) is 31.0 Å². The van der Waals surface area contributed by atoms with Crippen molar-refractivity contribution in [1.82, 2.24) is 4.72 Å². The summed E-state index contributed by atoms with van der Waals surface area (Å²) in [6.45, 7) is 0. The first-order valence-corrected chi connectivity index (χ1v) is 13.7. The van der Waals surface area contributed by atoms with Crippen LogP contribution in [0.2, 0.25) is 0 Å². The molecule has 2 aromatic rings. The number of hydrogen-bond donors (Lipinski definition) is 3. The molecule has 178 valence electrons. The number of anilines is 1. The number of rotatable bonds is 8. The van der Waals surface area contributed by atoms with Gasteiger partial charge in [0.25, 0.3) is 0 Å². The third kappa shape index (κ3) is 7.37. The van der Waals surface area contributed by atoms with Crippen molar-refractivity contribution < 1.29 is 18.3 Å². The lowest BCUT2D eigenvalue weighted by atomic mass is 9.97. The van der Waals surface area contributed by atoms with E-state index in [0.29, 0.717) is 17.2 Å². The number of sulfonamides is 1. The lowest BCUT2D eigenvalue weighted by molar-refractivity contribution is -0.139. The molecule has 1 unspecified atom stereocenters. The number of nitrogens with one attached hydrogen (secondary N) is 1. The number of thioether (sulfide) groups is 1. The van der Waals surface area contributed by atoms with Gasteiger partial charge in [-0.1, -0.05) is 43.5 Å². The summed E-state index contributed by atoms with van der Waals surface area (Å²) in [7, 11) is -0.191. The van der Waals surface area contributed by atoms with Gasteiger partial charge in [0.2, 0.25) is 10.0 Å². The maximum absolute atomic E-state index is 12.8. The number of carbonyl (C=O) groups is 1. The fourth-order valence-electron chi connectivity index (χ4n) is 3.74. The van der Waals surface area contributed by atoms with Crippen LogP contribution in [0.5, 0.6) is 0 Å². The highest BCUT2D eigenvalue weighted by atomic mass is 32.2. The Morgan fingerprint density at radius 1 is 1.16 bits per heavy atom. The van der Waals surface area contributed by atoms with Gasteiger partial charge in [-0.3, -0.25) is 4.79 Å². The molecule has 1 aliphatic rings. The number of nitrogens with two attached hydrogens (primary N) is 1. The Morgan fingerprint density at radius 2 is 1.78 bits per heavy atom. The van der Waals surface area contributed by atoms with Crippen LogP contribution in [0, 0.1) is 0 Å². The first-order valence-electron chi connectivity index (χ1n) is 10.9. The van der Waals surface area contributed by atoms with E-state index in [4.69, 9.17) is 5.73 Å². The van der Waals surface area contributed by atoms with E-state index in [1.807, 2.05) is 37.4 Å². The monoisotopic (exact) mass is 481 g/mol. The van der Waals surface area contributed by atoms with Gasteiger partial charge in [-0.05, 0) is 43.4 Å². The first kappa shape index (κ1) is 26.4. The normalized spacial score (nSPS) is 15.6. The van der Waals surface area contributed by atoms with Gasteiger partial charge in [-0.2, -0.15) is 16.5 Å². The zero-order valence-electron chi connectivity index (χ0n) is 19.1. The Morgan fingerprint density at radius 3 is 2.31 bits per heavy atom. The van der Waals surface area contributed by atoms with E-state index >= 15 is 0 Å². The van der Waals surface area contributed by atoms with Crippen LogP contribution >= 0.6 is 11.8 Å². The topological polar surface area (TPSA) is 113 Å². The second-order valence-electron chi connectivity index (χ2n) is 8.21. The lowest BCUT2D eigenvalue weighted by Gasteiger charge is -2.18. The molecule has 0 saturated heterocycles. The molecule has 0 aliphatic heterocycles. The van der Waals surface area contributed by atoms with Crippen LogP contribution in [-0.2, 0) is 14.8 Å². The molecular formula is C23H35N3O4S2. The summed E-state index contributed by atoms with van der Waals surface area (Å²) >= 11 is 1.47. The minimum atomic E-state index is -3.96. The third-order valence-electron chi connectivity index (χ3n) is 5.49. The fraction of sp³-hybridized carbons (Fsp3) is 0.522. The predicted molar refractivity (Wildman–Crippen MR) is 134 cm³/mol. The summed E-state index contributed by atoms with van der Waals surface area (Å²) in [5.41, 5.74) is 6.53. The molecule has 1 atom stereocenters. The predicted octanol–water partition coefficient (Wildman–Crippen LogP) is 3.67. The number of benzene rings is 2. The summed E-state index contributed by atoms with van der Waals surface area (Å²) in [6.07, 6.45) is 8.74. The highest BCUT2D eigenvalue weighted by Gasteiger charge is 2.26. The number of nitrogens with zero attached hydrogens (tertiary/aromatic N) is 1. The largest absolute Gasteiger partial charge is 0.480 e. The molecule has 1 fully saturated rings. The molecular weight excluding hydrogens is 446 g/mol. The molecule has 7 nitrogen and oxygen atoms in total. The number of aliphatic carboxylic acids is 1. The minimum absolute atomic E-state index is 0.0871. The zero-order chi connectivity index (χ0) is 23.7. The van der Waals surface area contributed by atoms with E-state index in [2.05, 4.69) is 4.72 Å². The number of hydrogen-bond acceptors (Lipinski definition) is 6. The van der Waals surface area contributed by atoms with Crippen molar-refractivity contribution >= 4 is 44.2 Å². The number of carboxylic acids is 1. The maximum atomic E-state index is 12.8. The second-order valence-corrected chi connectivity index (χ2v) is 10.9. The average molecular weight is 482 g/mol. The van der Waals surface area contributed by atoms with E-state index in [-0.39, 0.29) is 11.3 Å². The second kappa shape index (κ2) is 12.4. The molecule has 0 amide bonds. The van der Waals surface area contributed by atoms with Crippen LogP contribution in [0.1, 0.15) is 38.5 Å². The molecule has 32 heavy (non-hydrogen) atoms. The molecule has 0 aromatic heterocycles. The first-order chi connectivity index (χ1) is 15.2. The van der Waals surface area contributed by atoms with E-state index in [1.54, 1.807) is 18.2 Å². The van der Waals surface area contributed by atoms with Gasteiger partial charge in [-0.25, -0.2) is 8.42 Å². The molecule has 0 radical (unpaired) electrons. The molecule has 3 rings (SSSR count). The Balaban J connectivity index is 0.000000439. The van der Waals surface area contributed by atoms with Crippen molar-refractivity contribution in [2.45, 2.75) is 55.5 Å². The Labute approximate surface area is 195 Å². The van der Waals surface area contributed by atoms with Crippen LogP contribution in [-0.4, -0.2) is 57.7 Å². The summed E-state index contributed by atoms with van der Waals surface area (Å²) < 4.78 is 28.0. The highest BCUT2D eigenvalue weighted by molar-refractivity contribution is 7.98. The Bertz CT molecular complexity index is 990. The lowest BCUT2D eigenvalue weighted by Crippen LogP contribution is -2.41. The Kier molecular flexibility index (Phi) is 10.3. The quantitative estimate of drug-likeness (QED) is 0.527. The summed E-state index contributed by atoms with van der Waals surface area (Å²) in [5.74, 6) is -0.619. The van der Waals surface area contributed by atoms with Crippen molar-refractivity contribution in [1.29, 1.82) is 0 Å². The smallest absolute Gasteiger partial charge is 0.321 e. The van der Waals surface area contributed by atoms with Gasteiger partial charge >= 0.3 is 5.97 Å². The highest BCUT2D eigenvalue weighted by Crippen LogP contribution is 2.30. The Hall–Kier alpha value is -1.81.